The maximum atomic E-state index is 5.71. The minimum atomic E-state index is 0.355. The molecule has 0 amide bonds. The van der Waals surface area contributed by atoms with Gasteiger partial charge >= 0.3 is 0 Å². The standard InChI is InChI=1S/4C11H21N5.4C2H6/c2*1-2-16-10(12)14-11(15-16)13-8-9-6-4-3-5-7-9;2*1-2-16-11(14-10(12)15-16)13-8-9-6-4-3-5-7-9;4*1-2/h4*9H,2-8H2,1H3,(H3,12,13,14,15);4*1-2H3. The zero-order valence-corrected chi connectivity index (χ0v) is 47.8. The Bertz CT molecular complexity index is 1710. The largest absolute Gasteiger partial charge is 0.368 e. The summed E-state index contributed by atoms with van der Waals surface area (Å²) >= 11 is 0. The minimum Gasteiger partial charge on any atom is -0.368 e. The summed E-state index contributed by atoms with van der Waals surface area (Å²) in [6.07, 6.45) is 27.2. The SMILES string of the molecule is CC.CC.CC.CC.CCn1nc(N)nc1NCC1CCCCC1.CCn1nc(N)nc1NCC1CCCCC1.CCn1nc(NCC2CCCCC2)nc1N.CCn1nc(NCC2CCCCC2)nc1N. The lowest BCUT2D eigenvalue weighted by atomic mass is 9.89. The first-order valence-corrected chi connectivity index (χ1v) is 28.9. The van der Waals surface area contributed by atoms with Gasteiger partial charge in [-0.3, -0.25) is 0 Å². The van der Waals surface area contributed by atoms with Gasteiger partial charge in [-0.05, 0) is 103 Å². The molecule has 8 rings (SSSR count). The smallest absolute Gasteiger partial charge is 0.243 e. The van der Waals surface area contributed by atoms with Gasteiger partial charge in [-0.2, -0.15) is 19.9 Å². The summed E-state index contributed by atoms with van der Waals surface area (Å²) in [5.74, 6) is 7.80. The van der Waals surface area contributed by atoms with Gasteiger partial charge in [0, 0.05) is 52.4 Å². The highest BCUT2D eigenvalue weighted by atomic mass is 15.4. The Kier molecular flexibility index (Phi) is 36.5. The molecule has 0 aliphatic heterocycles. The lowest BCUT2D eigenvalue weighted by molar-refractivity contribution is 0.372. The Labute approximate surface area is 437 Å². The number of hydrogen-bond donors (Lipinski definition) is 8. The van der Waals surface area contributed by atoms with Crippen LogP contribution in [0.3, 0.4) is 0 Å². The fourth-order valence-corrected chi connectivity index (χ4v) is 9.25. The van der Waals surface area contributed by atoms with Crippen molar-refractivity contribution < 1.29 is 0 Å². The summed E-state index contributed by atoms with van der Waals surface area (Å²) in [7, 11) is 0. The lowest BCUT2D eigenvalue weighted by Crippen LogP contribution is -2.19. The Hall–Kier alpha value is -5.04. The monoisotopic (exact) mass is 1010 g/mol. The highest BCUT2D eigenvalue weighted by Gasteiger charge is 2.18. The van der Waals surface area contributed by atoms with Crippen LogP contribution >= 0.6 is 0 Å². The molecule has 20 nitrogen and oxygen atoms in total. The number of aryl methyl sites for hydroxylation is 4. The first-order chi connectivity index (χ1) is 35.2. The van der Waals surface area contributed by atoms with Crippen LogP contribution in [0.1, 0.15) is 212 Å². The van der Waals surface area contributed by atoms with Gasteiger partial charge < -0.3 is 44.2 Å². The van der Waals surface area contributed by atoms with Crippen molar-refractivity contribution in [2.24, 2.45) is 23.7 Å². The van der Waals surface area contributed by atoms with Gasteiger partial charge in [0.1, 0.15) is 0 Å². The van der Waals surface area contributed by atoms with Crippen molar-refractivity contribution in [2.45, 2.75) is 238 Å². The fraction of sp³-hybridized carbons (Fsp3) is 0.846. The molecule has 12 N–H and O–H groups in total. The molecule has 0 atom stereocenters. The van der Waals surface area contributed by atoms with Crippen molar-refractivity contribution in [3.05, 3.63) is 0 Å². The van der Waals surface area contributed by atoms with Gasteiger partial charge in [0.05, 0.1) is 0 Å². The summed E-state index contributed by atoms with van der Waals surface area (Å²) in [6.45, 7) is 31.2. The third-order valence-electron chi connectivity index (χ3n) is 13.1. The van der Waals surface area contributed by atoms with Crippen molar-refractivity contribution in [3.63, 3.8) is 0 Å². The second kappa shape index (κ2) is 40.4. The molecular formula is C52H108N20. The fourth-order valence-electron chi connectivity index (χ4n) is 9.25. The van der Waals surface area contributed by atoms with E-state index in [2.05, 4.69) is 61.6 Å². The van der Waals surface area contributed by atoms with Crippen LogP contribution in [0.5, 0.6) is 0 Å². The number of nitrogens with two attached hydrogens (primary N) is 4. The van der Waals surface area contributed by atoms with Gasteiger partial charge in [-0.15, -0.1) is 20.4 Å². The van der Waals surface area contributed by atoms with Crippen molar-refractivity contribution in [3.8, 4) is 0 Å². The van der Waals surface area contributed by atoms with Gasteiger partial charge in [-0.25, -0.2) is 18.7 Å². The van der Waals surface area contributed by atoms with E-state index in [1.54, 1.807) is 9.36 Å². The molecular weight excluding hydrogens is 905 g/mol. The number of anilines is 8. The normalized spacial score (nSPS) is 15.9. The summed E-state index contributed by atoms with van der Waals surface area (Å²) < 4.78 is 7.06. The quantitative estimate of drug-likeness (QED) is 0.0518. The maximum absolute atomic E-state index is 5.71. The van der Waals surface area contributed by atoms with E-state index < -0.39 is 0 Å². The molecule has 0 aromatic carbocycles. The molecule has 4 fully saturated rings. The maximum Gasteiger partial charge on any atom is 0.243 e. The molecule has 4 aliphatic carbocycles. The molecule has 4 saturated carbocycles. The minimum absolute atomic E-state index is 0.355. The van der Waals surface area contributed by atoms with Gasteiger partial charge in [-0.1, -0.05) is 132 Å². The second-order valence-corrected chi connectivity index (χ2v) is 18.0. The number of rotatable bonds is 16. The summed E-state index contributed by atoms with van der Waals surface area (Å²) in [4.78, 5) is 16.7. The molecule has 416 valence electrons. The van der Waals surface area contributed by atoms with Crippen LogP contribution in [0.25, 0.3) is 0 Å². The molecule has 4 aromatic heterocycles. The predicted octanol–water partition coefficient (Wildman–Crippen LogP) is 11.6. The molecule has 4 aliphatic rings. The zero-order valence-electron chi connectivity index (χ0n) is 47.8. The van der Waals surface area contributed by atoms with Crippen LogP contribution in [-0.2, 0) is 26.2 Å². The number of hydrogen-bond acceptors (Lipinski definition) is 16. The van der Waals surface area contributed by atoms with Crippen molar-refractivity contribution >= 4 is 47.6 Å². The van der Waals surface area contributed by atoms with Gasteiger partial charge in [0.15, 0.2) is 0 Å². The number of nitrogen functional groups attached to an aromatic ring is 4. The first kappa shape index (κ1) is 65.0. The summed E-state index contributed by atoms with van der Waals surface area (Å²) in [5, 5.41) is 30.1. The van der Waals surface area contributed by atoms with E-state index in [1.807, 2.05) is 92.4 Å². The molecule has 4 aromatic rings. The van der Waals surface area contributed by atoms with Crippen molar-refractivity contribution in [1.82, 2.24) is 59.1 Å². The molecule has 72 heavy (non-hydrogen) atoms. The van der Waals surface area contributed by atoms with Gasteiger partial charge in [0.25, 0.3) is 0 Å². The molecule has 0 spiro atoms. The number of nitrogens with zero attached hydrogens (tertiary/aromatic N) is 12. The molecule has 20 heteroatoms. The van der Waals surface area contributed by atoms with E-state index in [-0.39, 0.29) is 0 Å². The number of aromatic nitrogens is 12. The Balaban J connectivity index is 0.000000458. The van der Waals surface area contributed by atoms with Crippen LogP contribution in [0.4, 0.5) is 47.6 Å². The Morgan fingerprint density at radius 1 is 0.347 bits per heavy atom. The zero-order chi connectivity index (χ0) is 53.5. The molecule has 0 radical (unpaired) electrons. The van der Waals surface area contributed by atoms with Crippen LogP contribution in [-0.4, -0.2) is 85.2 Å². The highest BCUT2D eigenvalue weighted by Crippen LogP contribution is 2.27. The third kappa shape index (κ3) is 25.1. The average Bonchev–Trinajstić information content (AvgIpc) is 4.23. The summed E-state index contributed by atoms with van der Waals surface area (Å²) in [5.41, 5.74) is 22.6. The van der Waals surface area contributed by atoms with E-state index in [9.17, 15) is 0 Å². The van der Waals surface area contributed by atoms with E-state index in [1.165, 1.54) is 128 Å². The van der Waals surface area contributed by atoms with Crippen LogP contribution in [0, 0.1) is 23.7 Å². The molecule has 0 bridgehead atoms. The van der Waals surface area contributed by atoms with E-state index in [0.717, 1.165) is 87.9 Å². The third-order valence-corrected chi connectivity index (χ3v) is 13.1. The van der Waals surface area contributed by atoms with Crippen LogP contribution < -0.4 is 44.2 Å². The summed E-state index contributed by atoms with van der Waals surface area (Å²) in [6, 6.07) is 0. The lowest BCUT2D eigenvalue weighted by Gasteiger charge is -2.21. The van der Waals surface area contributed by atoms with Crippen molar-refractivity contribution in [1.29, 1.82) is 0 Å². The Morgan fingerprint density at radius 3 is 0.833 bits per heavy atom. The molecule has 0 unspecified atom stereocenters. The highest BCUT2D eigenvalue weighted by molar-refractivity contribution is 5.34. The second-order valence-electron chi connectivity index (χ2n) is 18.0. The van der Waals surface area contributed by atoms with Crippen molar-refractivity contribution in [2.75, 3.05) is 70.4 Å². The van der Waals surface area contributed by atoms with Crippen LogP contribution in [0.2, 0.25) is 0 Å². The topological polar surface area (TPSA) is 275 Å². The van der Waals surface area contributed by atoms with Crippen LogP contribution in [0.15, 0.2) is 0 Å². The molecule has 4 heterocycles. The first-order valence-electron chi connectivity index (χ1n) is 28.9. The van der Waals surface area contributed by atoms with E-state index in [4.69, 9.17) is 22.9 Å². The number of nitrogens with one attached hydrogen (secondary N) is 4. The van der Waals surface area contributed by atoms with Gasteiger partial charge in [0.2, 0.25) is 47.6 Å². The predicted molar refractivity (Wildman–Crippen MR) is 306 cm³/mol. The average molecular weight is 1010 g/mol. The molecule has 0 saturated heterocycles. The van der Waals surface area contributed by atoms with E-state index in [0.29, 0.717) is 35.7 Å². The van der Waals surface area contributed by atoms with E-state index >= 15 is 0 Å². The Morgan fingerprint density at radius 2 is 0.597 bits per heavy atom.